The van der Waals surface area contributed by atoms with E-state index >= 15 is 0 Å². The summed E-state index contributed by atoms with van der Waals surface area (Å²) in [6, 6.07) is 11.3. The van der Waals surface area contributed by atoms with Gasteiger partial charge in [-0.05, 0) is 31.2 Å². The lowest BCUT2D eigenvalue weighted by atomic mass is 10.2. The van der Waals surface area contributed by atoms with Crippen LogP contribution in [0.1, 0.15) is 5.56 Å². The summed E-state index contributed by atoms with van der Waals surface area (Å²) in [4.78, 5) is 21.9. The smallest absolute Gasteiger partial charge is 0.269 e. The number of sulfone groups is 1. The summed E-state index contributed by atoms with van der Waals surface area (Å²) in [7, 11) is -3.74. The summed E-state index contributed by atoms with van der Waals surface area (Å²) in [5.41, 5.74) is 1.09. The second-order valence-electron chi connectivity index (χ2n) is 4.92. The molecule has 2 aromatic carbocycles. The Balaban J connectivity index is 2.06. The number of rotatable bonds is 5. The third-order valence-electron chi connectivity index (χ3n) is 3.06. The van der Waals surface area contributed by atoms with Crippen molar-refractivity contribution in [1.82, 2.24) is 0 Å². The molecule has 23 heavy (non-hydrogen) atoms. The van der Waals surface area contributed by atoms with Crippen molar-refractivity contribution in [2.24, 2.45) is 0 Å². The molecule has 0 aromatic heterocycles. The third-order valence-corrected chi connectivity index (χ3v) is 4.70. The van der Waals surface area contributed by atoms with Crippen LogP contribution in [0.4, 0.5) is 11.4 Å². The number of hydrogen-bond donors (Lipinski definition) is 1. The van der Waals surface area contributed by atoms with Crippen LogP contribution < -0.4 is 5.32 Å². The molecule has 0 aliphatic heterocycles. The lowest BCUT2D eigenvalue weighted by Gasteiger charge is -2.07. The number of aryl methyl sites for hydroxylation is 1. The standard InChI is InChI=1S/C15H14N2O5S/c1-11-2-8-14(9-3-11)23(21,22)10-15(18)16-12-4-6-13(7-5-12)17(19)20/h2-9H,10H2,1H3,(H,16,18). The number of nitro benzene ring substituents is 1. The van der Waals surface area contributed by atoms with Crippen LogP contribution in [0.5, 0.6) is 0 Å². The van der Waals surface area contributed by atoms with Crippen molar-refractivity contribution in [3.8, 4) is 0 Å². The zero-order valence-electron chi connectivity index (χ0n) is 12.2. The van der Waals surface area contributed by atoms with Gasteiger partial charge in [0.15, 0.2) is 9.84 Å². The molecule has 1 amide bonds. The third kappa shape index (κ3) is 4.36. The van der Waals surface area contributed by atoms with Crippen LogP contribution >= 0.6 is 0 Å². The topological polar surface area (TPSA) is 106 Å². The first-order chi connectivity index (χ1) is 10.8. The molecule has 0 saturated heterocycles. The maximum absolute atomic E-state index is 12.1. The molecule has 7 nitrogen and oxygen atoms in total. The van der Waals surface area contributed by atoms with Crippen LogP contribution in [-0.4, -0.2) is 25.0 Å². The summed E-state index contributed by atoms with van der Waals surface area (Å²) in [6.07, 6.45) is 0. The van der Waals surface area contributed by atoms with Crippen molar-refractivity contribution in [1.29, 1.82) is 0 Å². The van der Waals surface area contributed by atoms with Crippen molar-refractivity contribution in [3.63, 3.8) is 0 Å². The molecule has 0 fully saturated rings. The Kier molecular flexibility index (Phi) is 4.75. The number of non-ortho nitro benzene ring substituents is 1. The van der Waals surface area contributed by atoms with E-state index in [0.29, 0.717) is 5.69 Å². The zero-order chi connectivity index (χ0) is 17.0. The summed E-state index contributed by atoms with van der Waals surface area (Å²) < 4.78 is 24.3. The second-order valence-corrected chi connectivity index (χ2v) is 6.91. The van der Waals surface area contributed by atoms with Crippen LogP contribution in [0.25, 0.3) is 0 Å². The molecule has 0 aliphatic carbocycles. The quantitative estimate of drug-likeness (QED) is 0.667. The molecule has 2 rings (SSSR count). The van der Waals surface area contributed by atoms with Crippen LogP contribution in [-0.2, 0) is 14.6 Å². The summed E-state index contributed by atoms with van der Waals surface area (Å²) in [5, 5.41) is 12.9. The van der Waals surface area contributed by atoms with Gasteiger partial charge >= 0.3 is 0 Å². The predicted molar refractivity (Wildman–Crippen MR) is 85.0 cm³/mol. The van der Waals surface area contributed by atoms with Gasteiger partial charge in [-0.2, -0.15) is 0 Å². The molecule has 120 valence electrons. The molecule has 0 heterocycles. The number of carbonyl (C=O) groups excluding carboxylic acids is 1. The highest BCUT2D eigenvalue weighted by molar-refractivity contribution is 7.92. The Morgan fingerprint density at radius 1 is 1.09 bits per heavy atom. The van der Waals surface area contributed by atoms with Gasteiger partial charge in [0.2, 0.25) is 5.91 Å². The molecule has 0 aliphatic rings. The summed E-state index contributed by atoms with van der Waals surface area (Å²) >= 11 is 0. The number of anilines is 1. The first-order valence-corrected chi connectivity index (χ1v) is 8.27. The number of nitrogens with zero attached hydrogens (tertiary/aromatic N) is 1. The highest BCUT2D eigenvalue weighted by Crippen LogP contribution is 2.16. The number of carbonyl (C=O) groups is 1. The molecular formula is C15H14N2O5S. The molecule has 0 radical (unpaired) electrons. The van der Waals surface area contributed by atoms with Gasteiger partial charge in [-0.15, -0.1) is 0 Å². The lowest BCUT2D eigenvalue weighted by molar-refractivity contribution is -0.384. The highest BCUT2D eigenvalue weighted by Gasteiger charge is 2.19. The fourth-order valence-electron chi connectivity index (χ4n) is 1.87. The maximum atomic E-state index is 12.1. The number of nitrogens with one attached hydrogen (secondary N) is 1. The van der Waals surface area contributed by atoms with E-state index in [1.807, 2.05) is 6.92 Å². The van der Waals surface area contributed by atoms with Crippen molar-refractivity contribution < 1.29 is 18.1 Å². The normalized spacial score (nSPS) is 11.0. The number of benzene rings is 2. The molecule has 0 spiro atoms. The van der Waals surface area contributed by atoms with Crippen LogP contribution in [0.2, 0.25) is 0 Å². The van der Waals surface area contributed by atoms with Gasteiger partial charge in [-0.3, -0.25) is 14.9 Å². The molecular weight excluding hydrogens is 320 g/mol. The molecule has 1 N–H and O–H groups in total. The van der Waals surface area contributed by atoms with Gasteiger partial charge in [-0.1, -0.05) is 17.7 Å². The minimum atomic E-state index is -3.74. The van der Waals surface area contributed by atoms with Gasteiger partial charge in [0.1, 0.15) is 5.75 Å². The molecule has 0 saturated carbocycles. The van der Waals surface area contributed by atoms with E-state index in [1.165, 1.54) is 36.4 Å². The van der Waals surface area contributed by atoms with Crippen molar-refractivity contribution in [2.45, 2.75) is 11.8 Å². The van der Waals surface area contributed by atoms with Crippen molar-refractivity contribution in [2.75, 3.05) is 11.1 Å². The Morgan fingerprint density at radius 2 is 1.65 bits per heavy atom. The van der Waals surface area contributed by atoms with Crippen LogP contribution in [0.15, 0.2) is 53.4 Å². The first kappa shape index (κ1) is 16.6. The van der Waals surface area contributed by atoms with Crippen LogP contribution in [0.3, 0.4) is 0 Å². The molecule has 8 heteroatoms. The van der Waals surface area contributed by atoms with Crippen molar-refractivity contribution in [3.05, 3.63) is 64.2 Å². The van der Waals surface area contributed by atoms with E-state index in [2.05, 4.69) is 5.32 Å². The number of nitro groups is 1. The fraction of sp³-hybridized carbons (Fsp3) is 0.133. The molecule has 0 bridgehead atoms. The Labute approximate surface area is 133 Å². The largest absolute Gasteiger partial charge is 0.325 e. The van der Waals surface area contributed by atoms with Gasteiger partial charge in [0, 0.05) is 17.8 Å². The van der Waals surface area contributed by atoms with Gasteiger partial charge < -0.3 is 5.32 Å². The fourth-order valence-corrected chi connectivity index (χ4v) is 3.00. The molecule has 0 unspecified atom stereocenters. The van der Waals surface area contributed by atoms with E-state index in [9.17, 15) is 23.3 Å². The minimum Gasteiger partial charge on any atom is -0.325 e. The predicted octanol–water partition coefficient (Wildman–Crippen LogP) is 2.32. The Hall–Kier alpha value is -2.74. The highest BCUT2D eigenvalue weighted by atomic mass is 32.2. The summed E-state index contributed by atoms with van der Waals surface area (Å²) in [5.74, 6) is -1.41. The lowest BCUT2D eigenvalue weighted by Crippen LogP contribution is -2.23. The monoisotopic (exact) mass is 334 g/mol. The SMILES string of the molecule is Cc1ccc(S(=O)(=O)CC(=O)Nc2ccc([N+](=O)[O-])cc2)cc1. The Morgan fingerprint density at radius 3 is 2.17 bits per heavy atom. The van der Waals surface area contributed by atoms with Crippen LogP contribution in [0, 0.1) is 17.0 Å². The van der Waals surface area contributed by atoms with Gasteiger partial charge in [-0.25, -0.2) is 8.42 Å². The van der Waals surface area contributed by atoms with Crippen molar-refractivity contribution >= 4 is 27.1 Å². The van der Waals surface area contributed by atoms with Gasteiger partial charge in [0.25, 0.3) is 5.69 Å². The molecule has 0 atom stereocenters. The van der Waals surface area contributed by atoms with E-state index in [4.69, 9.17) is 0 Å². The van der Waals surface area contributed by atoms with E-state index < -0.39 is 26.4 Å². The minimum absolute atomic E-state index is 0.0712. The summed E-state index contributed by atoms with van der Waals surface area (Å²) in [6.45, 7) is 1.83. The van der Waals surface area contributed by atoms with E-state index in [0.717, 1.165) is 5.56 Å². The average molecular weight is 334 g/mol. The number of amides is 1. The maximum Gasteiger partial charge on any atom is 0.269 e. The van der Waals surface area contributed by atoms with E-state index in [-0.39, 0.29) is 10.6 Å². The number of hydrogen-bond acceptors (Lipinski definition) is 5. The zero-order valence-corrected chi connectivity index (χ0v) is 13.0. The first-order valence-electron chi connectivity index (χ1n) is 6.62. The molecule has 2 aromatic rings. The second kappa shape index (κ2) is 6.57. The van der Waals surface area contributed by atoms with Gasteiger partial charge in [0.05, 0.1) is 9.82 Å². The van der Waals surface area contributed by atoms with E-state index in [1.54, 1.807) is 12.1 Å². The Bertz CT molecular complexity index is 827. The average Bonchev–Trinajstić information content (AvgIpc) is 2.47.